The standard InChI is InChI=1S/C26H34N4O5/c1-7-13-27(15-18-9-11-19(35-6)12-10-18)23(31)22-20-16-28(25(33)34)17-21(26(3,4)5)30(20)24(32)29(22)14-8-2/h7-12,21H,1-2,13-17H2,3-6H3,(H,33,34). The molecule has 1 atom stereocenters. The number of benzene rings is 1. The number of imidazole rings is 1. The molecule has 1 unspecified atom stereocenters. The van der Waals surface area contributed by atoms with Gasteiger partial charge in [-0.25, -0.2) is 9.59 Å². The van der Waals surface area contributed by atoms with E-state index in [9.17, 15) is 19.5 Å². The number of carbonyl (C=O) groups is 2. The Morgan fingerprint density at radius 2 is 1.86 bits per heavy atom. The second kappa shape index (κ2) is 10.2. The maximum atomic E-state index is 14.0. The number of amides is 2. The van der Waals surface area contributed by atoms with Crippen LogP contribution in [-0.2, 0) is 19.6 Å². The van der Waals surface area contributed by atoms with E-state index >= 15 is 0 Å². The molecule has 3 rings (SSSR count). The van der Waals surface area contributed by atoms with Crippen LogP contribution in [0, 0.1) is 5.41 Å². The van der Waals surface area contributed by atoms with Gasteiger partial charge in [-0.15, -0.1) is 13.2 Å². The van der Waals surface area contributed by atoms with Gasteiger partial charge in [0, 0.05) is 26.2 Å². The monoisotopic (exact) mass is 482 g/mol. The number of carbonyl (C=O) groups excluding carboxylic acids is 1. The Bertz CT molecular complexity index is 1170. The third-order valence-electron chi connectivity index (χ3n) is 6.27. The van der Waals surface area contributed by atoms with E-state index in [4.69, 9.17) is 4.74 Å². The Balaban J connectivity index is 2.15. The molecular formula is C26H34N4O5. The van der Waals surface area contributed by atoms with Gasteiger partial charge in [-0.3, -0.25) is 13.9 Å². The lowest BCUT2D eigenvalue weighted by atomic mass is 9.85. The summed E-state index contributed by atoms with van der Waals surface area (Å²) < 4.78 is 8.22. The number of methoxy groups -OCH3 is 1. The summed E-state index contributed by atoms with van der Waals surface area (Å²) in [6.45, 7) is 14.2. The van der Waals surface area contributed by atoms with E-state index in [-0.39, 0.29) is 50.0 Å². The highest BCUT2D eigenvalue weighted by atomic mass is 16.5. The van der Waals surface area contributed by atoms with E-state index in [1.165, 1.54) is 9.47 Å². The lowest BCUT2D eigenvalue weighted by Crippen LogP contribution is -2.47. The molecule has 0 bridgehead atoms. The molecular weight excluding hydrogens is 448 g/mol. The molecule has 0 saturated heterocycles. The number of allylic oxidation sites excluding steroid dienone is 1. The summed E-state index contributed by atoms with van der Waals surface area (Å²) in [6, 6.07) is 6.95. The zero-order valence-electron chi connectivity index (χ0n) is 20.9. The number of hydrogen-bond donors (Lipinski definition) is 1. The first-order chi connectivity index (χ1) is 16.5. The molecule has 1 aliphatic heterocycles. The van der Waals surface area contributed by atoms with Crippen molar-refractivity contribution in [2.24, 2.45) is 5.41 Å². The fraction of sp³-hybridized carbons (Fsp3) is 0.423. The zero-order valence-corrected chi connectivity index (χ0v) is 20.9. The Kier molecular flexibility index (Phi) is 7.57. The fourth-order valence-electron chi connectivity index (χ4n) is 4.44. The summed E-state index contributed by atoms with van der Waals surface area (Å²) >= 11 is 0. The summed E-state index contributed by atoms with van der Waals surface area (Å²) in [5.74, 6) is 0.340. The van der Waals surface area contributed by atoms with Crippen LogP contribution in [0.3, 0.4) is 0 Å². The van der Waals surface area contributed by atoms with Crippen LogP contribution < -0.4 is 10.4 Å². The Hall–Kier alpha value is -3.75. The van der Waals surface area contributed by atoms with Gasteiger partial charge in [-0.05, 0) is 23.1 Å². The van der Waals surface area contributed by atoms with Crippen molar-refractivity contribution in [3.8, 4) is 5.75 Å². The van der Waals surface area contributed by atoms with Gasteiger partial charge in [0.2, 0.25) is 0 Å². The van der Waals surface area contributed by atoms with Gasteiger partial charge in [-0.1, -0.05) is 45.1 Å². The predicted octanol–water partition coefficient (Wildman–Crippen LogP) is 3.75. The number of hydrogen-bond acceptors (Lipinski definition) is 4. The molecule has 2 heterocycles. The number of nitrogens with zero attached hydrogens (tertiary/aromatic N) is 4. The molecule has 188 valence electrons. The summed E-state index contributed by atoms with van der Waals surface area (Å²) in [5, 5.41) is 9.78. The van der Waals surface area contributed by atoms with Crippen molar-refractivity contribution in [2.75, 3.05) is 20.2 Å². The Morgan fingerprint density at radius 1 is 1.20 bits per heavy atom. The first kappa shape index (κ1) is 25.9. The van der Waals surface area contributed by atoms with Gasteiger partial charge >= 0.3 is 11.8 Å². The second-order valence-corrected chi connectivity index (χ2v) is 9.71. The molecule has 1 N–H and O–H groups in total. The maximum Gasteiger partial charge on any atom is 0.407 e. The van der Waals surface area contributed by atoms with E-state index in [0.717, 1.165) is 5.56 Å². The van der Waals surface area contributed by atoms with Crippen molar-refractivity contribution in [2.45, 2.75) is 46.4 Å². The van der Waals surface area contributed by atoms with Crippen LogP contribution in [0.25, 0.3) is 0 Å². The Labute approximate surface area is 205 Å². The van der Waals surface area contributed by atoms with Crippen molar-refractivity contribution in [1.82, 2.24) is 18.9 Å². The van der Waals surface area contributed by atoms with Crippen LogP contribution in [-0.4, -0.2) is 56.2 Å². The third-order valence-corrected chi connectivity index (χ3v) is 6.27. The molecule has 0 fully saturated rings. The van der Waals surface area contributed by atoms with Crippen LogP contribution in [0.4, 0.5) is 4.79 Å². The summed E-state index contributed by atoms with van der Waals surface area (Å²) in [7, 11) is 1.59. The Morgan fingerprint density at radius 3 is 2.37 bits per heavy atom. The molecule has 0 saturated carbocycles. The van der Waals surface area contributed by atoms with Crippen LogP contribution in [0.2, 0.25) is 0 Å². The quantitative estimate of drug-likeness (QED) is 0.578. The van der Waals surface area contributed by atoms with Gasteiger partial charge < -0.3 is 19.6 Å². The van der Waals surface area contributed by atoms with Crippen LogP contribution in [0.15, 0.2) is 54.4 Å². The molecule has 2 amide bonds. The zero-order chi connectivity index (χ0) is 25.9. The molecule has 1 aliphatic rings. The predicted molar refractivity (Wildman–Crippen MR) is 134 cm³/mol. The molecule has 35 heavy (non-hydrogen) atoms. The van der Waals surface area contributed by atoms with Crippen LogP contribution in [0.1, 0.15) is 48.6 Å². The van der Waals surface area contributed by atoms with Gasteiger partial charge in [-0.2, -0.15) is 0 Å². The SMILES string of the molecule is C=CCN(Cc1ccc(OC)cc1)C(=O)c1c2n(c(=O)n1CC=C)C(C(C)(C)C)CN(C(=O)O)C2. The van der Waals surface area contributed by atoms with Gasteiger partial charge in [0.05, 0.1) is 25.4 Å². The van der Waals surface area contributed by atoms with Gasteiger partial charge in [0.1, 0.15) is 11.4 Å². The summed E-state index contributed by atoms with van der Waals surface area (Å²) in [4.78, 5) is 42.4. The van der Waals surface area contributed by atoms with Crippen molar-refractivity contribution in [1.29, 1.82) is 0 Å². The number of ether oxygens (including phenoxy) is 1. The molecule has 2 aromatic rings. The smallest absolute Gasteiger partial charge is 0.407 e. The largest absolute Gasteiger partial charge is 0.497 e. The third kappa shape index (κ3) is 5.18. The van der Waals surface area contributed by atoms with Crippen LogP contribution >= 0.6 is 0 Å². The minimum Gasteiger partial charge on any atom is -0.497 e. The van der Waals surface area contributed by atoms with Crippen molar-refractivity contribution in [3.63, 3.8) is 0 Å². The highest BCUT2D eigenvalue weighted by Crippen LogP contribution is 2.36. The van der Waals surface area contributed by atoms with Crippen molar-refractivity contribution in [3.05, 3.63) is 77.0 Å². The van der Waals surface area contributed by atoms with Gasteiger partial charge in [0.15, 0.2) is 0 Å². The van der Waals surface area contributed by atoms with Gasteiger partial charge in [0.25, 0.3) is 5.91 Å². The number of carboxylic acid groups (broad SMARTS) is 1. The second-order valence-electron chi connectivity index (χ2n) is 9.71. The van der Waals surface area contributed by atoms with E-state index in [1.807, 2.05) is 45.0 Å². The fourth-order valence-corrected chi connectivity index (χ4v) is 4.44. The summed E-state index contributed by atoms with van der Waals surface area (Å²) in [6.07, 6.45) is 2.10. The molecule has 0 aliphatic carbocycles. The van der Waals surface area contributed by atoms with E-state index in [1.54, 1.807) is 28.7 Å². The molecule has 1 aromatic heterocycles. The van der Waals surface area contributed by atoms with E-state index in [0.29, 0.717) is 11.4 Å². The number of aromatic nitrogens is 2. The van der Waals surface area contributed by atoms with E-state index in [2.05, 4.69) is 13.2 Å². The number of fused-ring (bicyclic) bond motifs is 1. The van der Waals surface area contributed by atoms with Crippen molar-refractivity contribution >= 4 is 12.0 Å². The lowest BCUT2D eigenvalue weighted by Gasteiger charge is -2.39. The normalized spacial score (nSPS) is 15.3. The minimum atomic E-state index is -1.09. The maximum absolute atomic E-state index is 14.0. The molecule has 1 aromatic carbocycles. The highest BCUT2D eigenvalue weighted by molar-refractivity contribution is 5.94. The van der Waals surface area contributed by atoms with Crippen molar-refractivity contribution < 1.29 is 19.4 Å². The summed E-state index contributed by atoms with van der Waals surface area (Å²) in [5.41, 5.74) is 0.712. The average Bonchev–Trinajstić information content (AvgIpc) is 3.09. The number of rotatable bonds is 8. The topological polar surface area (TPSA) is 97.0 Å². The minimum absolute atomic E-state index is 0.0488. The average molecular weight is 483 g/mol. The first-order valence-corrected chi connectivity index (χ1v) is 11.5. The van der Waals surface area contributed by atoms with E-state index < -0.39 is 17.6 Å². The highest BCUT2D eigenvalue weighted by Gasteiger charge is 2.41. The molecule has 0 spiro atoms. The lowest BCUT2D eigenvalue weighted by molar-refractivity contribution is 0.0736. The molecule has 0 radical (unpaired) electrons. The molecule has 9 heteroatoms. The molecule has 9 nitrogen and oxygen atoms in total. The first-order valence-electron chi connectivity index (χ1n) is 11.5. The van der Waals surface area contributed by atoms with Crippen LogP contribution in [0.5, 0.6) is 5.75 Å².